The van der Waals surface area contributed by atoms with E-state index in [1.807, 2.05) is 32.0 Å². The van der Waals surface area contributed by atoms with Crippen LogP contribution in [0.3, 0.4) is 0 Å². The van der Waals surface area contributed by atoms with Crippen molar-refractivity contribution < 1.29 is 4.79 Å². The molecule has 2 aromatic rings. The quantitative estimate of drug-likeness (QED) is 0.836. The molecule has 0 bridgehead atoms. The van der Waals surface area contributed by atoms with E-state index >= 15 is 0 Å². The van der Waals surface area contributed by atoms with Crippen LogP contribution in [0.1, 0.15) is 11.4 Å². The number of benzene rings is 1. The normalized spacial score (nSPS) is 10.4. The van der Waals surface area contributed by atoms with E-state index in [-0.39, 0.29) is 11.8 Å². The van der Waals surface area contributed by atoms with Crippen molar-refractivity contribution in [3.63, 3.8) is 0 Å². The third kappa shape index (κ3) is 2.68. The number of aromatic amines is 1. The van der Waals surface area contributed by atoms with Crippen LogP contribution in [0, 0.1) is 13.8 Å². The molecule has 6 heteroatoms. The number of hydrogen-bond acceptors (Lipinski definition) is 3. The Morgan fingerprint density at radius 2 is 2.22 bits per heavy atom. The van der Waals surface area contributed by atoms with Crippen molar-refractivity contribution in [3.8, 4) is 11.4 Å². The first kappa shape index (κ1) is 12.6. The number of anilines is 1. The van der Waals surface area contributed by atoms with Crippen molar-refractivity contribution in [1.29, 1.82) is 0 Å². The lowest BCUT2D eigenvalue weighted by Gasteiger charge is -2.08. The highest BCUT2D eigenvalue weighted by Crippen LogP contribution is 2.23. The lowest BCUT2D eigenvalue weighted by molar-refractivity contribution is -0.113. The van der Waals surface area contributed by atoms with E-state index in [1.165, 1.54) is 0 Å². The summed E-state index contributed by atoms with van der Waals surface area (Å²) < 4.78 is 0. The zero-order valence-electron chi connectivity index (χ0n) is 10.1. The molecule has 0 aliphatic rings. The monoisotopic (exact) mass is 264 g/mol. The fraction of sp³-hybridized carbons (Fsp3) is 0.250. The minimum Gasteiger partial charge on any atom is -0.325 e. The lowest BCUT2D eigenvalue weighted by atomic mass is 10.1. The highest BCUT2D eigenvalue weighted by atomic mass is 35.5. The molecule has 5 nitrogen and oxygen atoms in total. The van der Waals surface area contributed by atoms with Crippen molar-refractivity contribution in [2.45, 2.75) is 13.8 Å². The van der Waals surface area contributed by atoms with Gasteiger partial charge in [0.1, 0.15) is 11.7 Å². The molecule has 0 aliphatic heterocycles. The number of rotatable bonds is 3. The van der Waals surface area contributed by atoms with Gasteiger partial charge < -0.3 is 5.32 Å². The molecule has 0 unspecified atom stereocenters. The van der Waals surface area contributed by atoms with Crippen LogP contribution in [-0.2, 0) is 4.79 Å². The maximum absolute atomic E-state index is 11.3. The summed E-state index contributed by atoms with van der Waals surface area (Å²) in [4.78, 5) is 15.6. The van der Waals surface area contributed by atoms with E-state index in [1.54, 1.807) is 0 Å². The summed E-state index contributed by atoms with van der Waals surface area (Å²) in [6.45, 7) is 3.75. The Labute approximate surface area is 110 Å². The SMILES string of the molecule is Cc1nc(-c2ccc(C)c(NC(=O)CCl)c2)n[nH]1. The number of alkyl halides is 1. The zero-order valence-corrected chi connectivity index (χ0v) is 10.9. The third-order valence-corrected chi connectivity index (χ3v) is 2.73. The Kier molecular flexibility index (Phi) is 3.62. The minimum absolute atomic E-state index is 0.0660. The second-order valence-corrected chi connectivity index (χ2v) is 4.22. The average Bonchev–Trinajstić information content (AvgIpc) is 2.78. The van der Waals surface area contributed by atoms with Gasteiger partial charge in [-0.15, -0.1) is 11.6 Å². The van der Waals surface area contributed by atoms with Crippen LogP contribution in [0.25, 0.3) is 11.4 Å². The smallest absolute Gasteiger partial charge is 0.239 e. The van der Waals surface area contributed by atoms with E-state index in [2.05, 4.69) is 20.5 Å². The summed E-state index contributed by atoms with van der Waals surface area (Å²) in [6, 6.07) is 5.65. The van der Waals surface area contributed by atoms with E-state index in [0.717, 1.165) is 22.6 Å². The molecule has 2 N–H and O–H groups in total. The van der Waals surface area contributed by atoms with Crippen LogP contribution in [0.2, 0.25) is 0 Å². The number of nitrogens with zero attached hydrogens (tertiary/aromatic N) is 2. The van der Waals surface area contributed by atoms with E-state index in [9.17, 15) is 4.79 Å². The van der Waals surface area contributed by atoms with Crippen LogP contribution in [0.4, 0.5) is 5.69 Å². The predicted molar refractivity (Wildman–Crippen MR) is 70.6 cm³/mol. The van der Waals surface area contributed by atoms with Gasteiger partial charge in [-0.25, -0.2) is 4.98 Å². The molecular formula is C12H13ClN4O. The molecule has 0 radical (unpaired) electrons. The van der Waals surface area contributed by atoms with Crippen molar-refractivity contribution in [3.05, 3.63) is 29.6 Å². The number of aromatic nitrogens is 3. The van der Waals surface area contributed by atoms with Gasteiger partial charge in [0.05, 0.1) is 0 Å². The molecule has 94 valence electrons. The largest absolute Gasteiger partial charge is 0.325 e. The van der Waals surface area contributed by atoms with Gasteiger partial charge >= 0.3 is 0 Å². The number of nitrogens with one attached hydrogen (secondary N) is 2. The van der Waals surface area contributed by atoms with Gasteiger partial charge in [-0.2, -0.15) is 5.10 Å². The third-order valence-electron chi connectivity index (χ3n) is 2.49. The highest BCUT2D eigenvalue weighted by molar-refractivity contribution is 6.29. The first-order valence-electron chi connectivity index (χ1n) is 5.46. The van der Waals surface area contributed by atoms with E-state index < -0.39 is 0 Å². The second-order valence-electron chi connectivity index (χ2n) is 3.96. The van der Waals surface area contributed by atoms with Gasteiger partial charge in [-0.3, -0.25) is 9.89 Å². The Morgan fingerprint density at radius 1 is 1.44 bits per heavy atom. The van der Waals surface area contributed by atoms with Gasteiger partial charge in [-0.05, 0) is 25.5 Å². The maximum atomic E-state index is 11.3. The summed E-state index contributed by atoms with van der Waals surface area (Å²) in [5.41, 5.74) is 2.53. The Balaban J connectivity index is 2.34. The summed E-state index contributed by atoms with van der Waals surface area (Å²) in [6.07, 6.45) is 0. The molecular weight excluding hydrogens is 252 g/mol. The minimum atomic E-state index is -0.233. The maximum Gasteiger partial charge on any atom is 0.239 e. The lowest BCUT2D eigenvalue weighted by Crippen LogP contribution is -2.13. The Morgan fingerprint density at radius 3 is 2.83 bits per heavy atom. The van der Waals surface area contributed by atoms with Crippen LogP contribution in [0.5, 0.6) is 0 Å². The van der Waals surface area contributed by atoms with Crippen LogP contribution in [0.15, 0.2) is 18.2 Å². The molecule has 18 heavy (non-hydrogen) atoms. The summed E-state index contributed by atoms with van der Waals surface area (Å²) >= 11 is 5.47. The molecule has 0 atom stereocenters. The highest BCUT2D eigenvalue weighted by Gasteiger charge is 2.08. The first-order chi connectivity index (χ1) is 8.60. The van der Waals surface area contributed by atoms with Crippen molar-refractivity contribution in [1.82, 2.24) is 15.2 Å². The molecule has 0 fully saturated rings. The van der Waals surface area contributed by atoms with Crippen LogP contribution >= 0.6 is 11.6 Å². The number of hydrogen-bond donors (Lipinski definition) is 2. The fourth-order valence-corrected chi connectivity index (χ4v) is 1.62. The molecule has 0 aliphatic carbocycles. The number of carbonyl (C=O) groups is 1. The van der Waals surface area contributed by atoms with E-state index in [4.69, 9.17) is 11.6 Å². The average molecular weight is 265 g/mol. The molecule has 1 heterocycles. The van der Waals surface area contributed by atoms with Gasteiger partial charge in [-0.1, -0.05) is 12.1 Å². The summed E-state index contributed by atoms with van der Waals surface area (Å²) in [5.74, 6) is 1.05. The standard InChI is InChI=1S/C12H13ClN4O/c1-7-3-4-9(12-14-8(2)16-17-12)5-10(7)15-11(18)6-13/h3-5H,6H2,1-2H3,(H,15,18)(H,14,16,17). The predicted octanol–water partition coefficient (Wildman–Crippen LogP) is 2.27. The molecule has 2 rings (SSSR count). The van der Waals surface area contributed by atoms with Crippen molar-refractivity contribution >= 4 is 23.2 Å². The number of aryl methyl sites for hydroxylation is 2. The van der Waals surface area contributed by atoms with Crippen LogP contribution < -0.4 is 5.32 Å². The van der Waals surface area contributed by atoms with E-state index in [0.29, 0.717) is 5.82 Å². The molecule has 1 amide bonds. The van der Waals surface area contributed by atoms with Gasteiger partial charge in [0, 0.05) is 11.3 Å². The van der Waals surface area contributed by atoms with Crippen molar-refractivity contribution in [2.24, 2.45) is 0 Å². The fourth-order valence-electron chi connectivity index (χ4n) is 1.55. The second kappa shape index (κ2) is 5.18. The first-order valence-corrected chi connectivity index (χ1v) is 5.99. The zero-order chi connectivity index (χ0) is 13.1. The molecule has 1 aromatic heterocycles. The Hall–Kier alpha value is -1.88. The van der Waals surface area contributed by atoms with Crippen LogP contribution in [-0.4, -0.2) is 27.0 Å². The molecule has 0 spiro atoms. The summed E-state index contributed by atoms with van der Waals surface area (Å²) in [7, 11) is 0. The van der Waals surface area contributed by atoms with Gasteiger partial charge in [0.2, 0.25) is 5.91 Å². The molecule has 0 saturated heterocycles. The van der Waals surface area contributed by atoms with Crippen molar-refractivity contribution in [2.75, 3.05) is 11.2 Å². The number of carbonyl (C=O) groups excluding carboxylic acids is 1. The molecule has 0 saturated carbocycles. The number of H-pyrrole nitrogens is 1. The topological polar surface area (TPSA) is 70.7 Å². The summed E-state index contributed by atoms with van der Waals surface area (Å²) in [5, 5.41) is 9.60. The Bertz CT molecular complexity index is 579. The van der Waals surface area contributed by atoms with Gasteiger partial charge in [0.15, 0.2) is 5.82 Å². The number of amides is 1. The molecule has 1 aromatic carbocycles. The number of halogens is 1. The van der Waals surface area contributed by atoms with Gasteiger partial charge in [0.25, 0.3) is 0 Å².